The summed E-state index contributed by atoms with van der Waals surface area (Å²) in [5.74, 6) is -0.0822. The fourth-order valence-electron chi connectivity index (χ4n) is 1.65. The molecule has 0 bridgehead atoms. The van der Waals surface area contributed by atoms with Crippen molar-refractivity contribution in [2.45, 2.75) is 25.4 Å². The lowest BCUT2D eigenvalue weighted by atomic mass is 10.0. The van der Waals surface area contributed by atoms with Crippen LogP contribution in [-0.2, 0) is 9.53 Å². The highest BCUT2D eigenvalue weighted by molar-refractivity contribution is 9.10. The number of hydrogen-bond acceptors (Lipinski definition) is 2. The van der Waals surface area contributed by atoms with E-state index in [1.165, 1.54) is 0 Å². The second-order valence-corrected chi connectivity index (χ2v) is 4.34. The first-order valence-electron chi connectivity index (χ1n) is 4.70. The van der Waals surface area contributed by atoms with Crippen molar-refractivity contribution in [2.24, 2.45) is 0 Å². The number of carbonyl (C=O) groups is 1. The predicted molar refractivity (Wildman–Crippen MR) is 56.8 cm³/mol. The third-order valence-corrected chi connectivity index (χ3v) is 2.83. The Morgan fingerprint density at radius 1 is 1.43 bits per heavy atom. The lowest BCUT2D eigenvalue weighted by Crippen LogP contribution is -2.16. The van der Waals surface area contributed by atoms with E-state index >= 15 is 0 Å². The van der Waals surface area contributed by atoms with E-state index in [1.807, 2.05) is 24.3 Å². The van der Waals surface area contributed by atoms with Crippen molar-refractivity contribution >= 4 is 21.9 Å². The summed E-state index contributed by atoms with van der Waals surface area (Å²) in [4.78, 5) is 11.1. The predicted octanol–water partition coefficient (Wildman–Crippen LogP) is 3.22. The molecule has 0 aliphatic carbocycles. The van der Waals surface area contributed by atoms with Gasteiger partial charge in [-0.05, 0) is 30.5 Å². The van der Waals surface area contributed by atoms with Gasteiger partial charge < -0.3 is 4.74 Å². The topological polar surface area (TPSA) is 26.3 Å². The minimum Gasteiger partial charge on any atom is -0.457 e. The Morgan fingerprint density at radius 2 is 2.29 bits per heavy atom. The number of ether oxygens (including phenoxy) is 1. The zero-order valence-corrected chi connectivity index (χ0v) is 9.29. The molecule has 0 saturated carbocycles. The first-order chi connectivity index (χ1) is 6.75. The summed E-state index contributed by atoms with van der Waals surface area (Å²) in [6.45, 7) is 0. The van der Waals surface area contributed by atoms with Crippen LogP contribution in [0.2, 0.25) is 0 Å². The largest absolute Gasteiger partial charge is 0.457 e. The summed E-state index contributed by atoms with van der Waals surface area (Å²) in [6, 6.07) is 7.92. The van der Waals surface area contributed by atoms with E-state index in [9.17, 15) is 4.79 Å². The summed E-state index contributed by atoms with van der Waals surface area (Å²) in [7, 11) is 0. The molecule has 1 aliphatic heterocycles. The van der Waals surface area contributed by atoms with Crippen molar-refractivity contribution in [3.63, 3.8) is 0 Å². The zero-order chi connectivity index (χ0) is 9.97. The second kappa shape index (κ2) is 4.13. The number of esters is 1. The summed E-state index contributed by atoms with van der Waals surface area (Å²) in [6.07, 6.45) is 2.37. The van der Waals surface area contributed by atoms with Gasteiger partial charge in [0.15, 0.2) is 0 Å². The normalized spacial score (nSPS) is 21.8. The highest BCUT2D eigenvalue weighted by atomic mass is 79.9. The fourth-order valence-corrected chi connectivity index (χ4v) is 2.07. The minimum atomic E-state index is -0.0822. The van der Waals surface area contributed by atoms with Gasteiger partial charge in [-0.25, -0.2) is 0 Å². The van der Waals surface area contributed by atoms with Gasteiger partial charge in [-0.1, -0.05) is 28.1 Å². The van der Waals surface area contributed by atoms with Gasteiger partial charge in [-0.15, -0.1) is 0 Å². The lowest BCUT2D eigenvalue weighted by molar-refractivity contribution is -0.154. The van der Waals surface area contributed by atoms with Crippen LogP contribution in [0.25, 0.3) is 0 Å². The van der Waals surface area contributed by atoms with E-state index in [0.717, 1.165) is 22.9 Å². The third-order valence-electron chi connectivity index (χ3n) is 2.34. The molecule has 74 valence electrons. The number of cyclic esters (lactones) is 1. The van der Waals surface area contributed by atoms with Gasteiger partial charge in [0.25, 0.3) is 0 Å². The highest BCUT2D eigenvalue weighted by Gasteiger charge is 2.21. The average molecular weight is 255 g/mol. The van der Waals surface area contributed by atoms with Gasteiger partial charge in [0, 0.05) is 10.9 Å². The molecule has 1 fully saturated rings. The van der Waals surface area contributed by atoms with E-state index in [4.69, 9.17) is 4.74 Å². The summed E-state index contributed by atoms with van der Waals surface area (Å²) < 4.78 is 6.29. The standard InChI is InChI=1S/C11H11BrO2/c12-9-4-1-3-8(7-9)10-5-2-6-11(13)14-10/h1,3-4,7,10H,2,5-6H2. The van der Waals surface area contributed by atoms with E-state index < -0.39 is 0 Å². The third kappa shape index (κ3) is 2.15. The van der Waals surface area contributed by atoms with Crippen molar-refractivity contribution in [2.75, 3.05) is 0 Å². The van der Waals surface area contributed by atoms with Gasteiger partial charge in [0.1, 0.15) is 6.10 Å². The average Bonchev–Trinajstić information content (AvgIpc) is 2.18. The van der Waals surface area contributed by atoms with E-state index in [2.05, 4.69) is 15.9 Å². The number of halogens is 1. The van der Waals surface area contributed by atoms with Crippen molar-refractivity contribution in [1.82, 2.24) is 0 Å². The summed E-state index contributed by atoms with van der Waals surface area (Å²) >= 11 is 3.40. The molecule has 1 atom stereocenters. The van der Waals surface area contributed by atoms with Crippen LogP contribution in [0.1, 0.15) is 30.9 Å². The molecule has 2 rings (SSSR count). The smallest absolute Gasteiger partial charge is 0.306 e. The van der Waals surface area contributed by atoms with Gasteiger partial charge in [0.2, 0.25) is 0 Å². The van der Waals surface area contributed by atoms with Crippen molar-refractivity contribution in [1.29, 1.82) is 0 Å². The fraction of sp³-hybridized carbons (Fsp3) is 0.364. The first kappa shape index (κ1) is 9.71. The van der Waals surface area contributed by atoms with Crippen LogP contribution in [0, 0.1) is 0 Å². The molecular formula is C11H11BrO2. The maximum absolute atomic E-state index is 11.1. The van der Waals surface area contributed by atoms with Crippen LogP contribution in [-0.4, -0.2) is 5.97 Å². The quantitative estimate of drug-likeness (QED) is 0.720. The lowest BCUT2D eigenvalue weighted by Gasteiger charge is -2.22. The molecule has 0 aromatic heterocycles. The van der Waals surface area contributed by atoms with Crippen molar-refractivity contribution in [3.8, 4) is 0 Å². The molecular weight excluding hydrogens is 244 g/mol. The van der Waals surface area contributed by atoms with E-state index in [1.54, 1.807) is 0 Å². The Labute approximate surface area is 91.4 Å². The number of rotatable bonds is 1. The molecule has 0 N–H and O–H groups in total. The highest BCUT2D eigenvalue weighted by Crippen LogP contribution is 2.29. The van der Waals surface area contributed by atoms with Crippen molar-refractivity contribution in [3.05, 3.63) is 34.3 Å². The molecule has 14 heavy (non-hydrogen) atoms. The maximum Gasteiger partial charge on any atom is 0.306 e. The van der Waals surface area contributed by atoms with Crippen LogP contribution in [0.3, 0.4) is 0 Å². The van der Waals surface area contributed by atoms with Crippen LogP contribution in [0.5, 0.6) is 0 Å². The number of benzene rings is 1. The SMILES string of the molecule is O=C1CCCC(c2cccc(Br)c2)O1. The van der Waals surface area contributed by atoms with E-state index in [0.29, 0.717) is 6.42 Å². The molecule has 1 saturated heterocycles. The van der Waals surface area contributed by atoms with Gasteiger partial charge in [-0.2, -0.15) is 0 Å². The Bertz CT molecular complexity index is 349. The number of hydrogen-bond donors (Lipinski definition) is 0. The van der Waals surface area contributed by atoms with Gasteiger partial charge >= 0.3 is 5.97 Å². The Morgan fingerprint density at radius 3 is 3.00 bits per heavy atom. The zero-order valence-electron chi connectivity index (χ0n) is 7.70. The molecule has 0 spiro atoms. The van der Waals surface area contributed by atoms with Crippen molar-refractivity contribution < 1.29 is 9.53 Å². The summed E-state index contributed by atoms with van der Waals surface area (Å²) in [5.41, 5.74) is 1.08. The Kier molecular flexibility index (Phi) is 2.87. The monoisotopic (exact) mass is 254 g/mol. The summed E-state index contributed by atoms with van der Waals surface area (Å²) in [5, 5.41) is 0. The molecule has 2 nitrogen and oxygen atoms in total. The molecule has 3 heteroatoms. The van der Waals surface area contributed by atoms with Crippen LogP contribution >= 0.6 is 15.9 Å². The van der Waals surface area contributed by atoms with Gasteiger partial charge in [-0.3, -0.25) is 4.79 Å². The first-order valence-corrected chi connectivity index (χ1v) is 5.50. The Balaban J connectivity index is 2.17. The van der Waals surface area contributed by atoms with Gasteiger partial charge in [0.05, 0.1) is 0 Å². The van der Waals surface area contributed by atoms with Crippen LogP contribution in [0.4, 0.5) is 0 Å². The molecule has 0 amide bonds. The van der Waals surface area contributed by atoms with E-state index in [-0.39, 0.29) is 12.1 Å². The minimum absolute atomic E-state index is 0.0475. The molecule has 1 heterocycles. The number of carbonyl (C=O) groups excluding carboxylic acids is 1. The molecule has 1 aromatic carbocycles. The van der Waals surface area contributed by atoms with Crippen LogP contribution < -0.4 is 0 Å². The second-order valence-electron chi connectivity index (χ2n) is 3.43. The van der Waals surface area contributed by atoms with Crippen LogP contribution in [0.15, 0.2) is 28.7 Å². The molecule has 1 unspecified atom stereocenters. The Hall–Kier alpha value is -0.830. The molecule has 1 aromatic rings. The molecule has 0 radical (unpaired) electrons. The molecule has 1 aliphatic rings. The maximum atomic E-state index is 11.1.